The van der Waals surface area contributed by atoms with Crippen molar-refractivity contribution in [1.82, 2.24) is 5.32 Å². The van der Waals surface area contributed by atoms with Gasteiger partial charge in [-0.2, -0.15) is 0 Å². The smallest absolute Gasteiger partial charge is 0.0346 e. The lowest BCUT2D eigenvalue weighted by atomic mass is 10.0. The Bertz CT molecular complexity index is 433. The Hall–Kier alpha value is -0.860. The molecule has 0 radical (unpaired) electrons. The lowest BCUT2D eigenvalue weighted by Gasteiger charge is -2.15. The Morgan fingerprint density at radius 3 is 2.80 bits per heavy atom. The van der Waals surface area contributed by atoms with Gasteiger partial charge in [0, 0.05) is 10.7 Å². The summed E-state index contributed by atoms with van der Waals surface area (Å²) in [5, 5.41) is 7.24. The van der Waals surface area contributed by atoms with Gasteiger partial charge in [-0.25, -0.2) is 0 Å². The summed E-state index contributed by atoms with van der Waals surface area (Å²) in [5.74, 6) is 0. The van der Waals surface area contributed by atoms with Gasteiger partial charge in [-0.05, 0) is 35.4 Å². The van der Waals surface area contributed by atoms with E-state index in [-0.39, 0.29) is 0 Å². The highest BCUT2D eigenvalue weighted by molar-refractivity contribution is 7.17. The lowest BCUT2D eigenvalue weighted by molar-refractivity contribution is 0.542. The van der Waals surface area contributed by atoms with E-state index in [9.17, 15) is 0 Å². The Kier molecular flexibility index (Phi) is 3.39. The molecule has 1 unspecified atom stereocenters. The number of hydrogen-bond donors (Lipinski definition) is 1. The summed E-state index contributed by atoms with van der Waals surface area (Å²) >= 11 is 1.84. The summed E-state index contributed by atoms with van der Waals surface area (Å²) in [6.45, 7) is 5.43. The van der Waals surface area contributed by atoms with Gasteiger partial charge in [-0.3, -0.25) is 0 Å². The summed E-state index contributed by atoms with van der Waals surface area (Å²) in [4.78, 5) is 0. The highest BCUT2D eigenvalue weighted by Gasteiger charge is 2.12. The van der Waals surface area contributed by atoms with Crippen LogP contribution in [0.5, 0.6) is 0 Å². The molecule has 1 heterocycles. The summed E-state index contributed by atoms with van der Waals surface area (Å²) in [5.41, 5.74) is 1.46. The maximum absolute atomic E-state index is 3.53. The Labute approximate surface area is 95.1 Å². The number of benzene rings is 1. The first-order valence-corrected chi connectivity index (χ1v) is 6.44. The van der Waals surface area contributed by atoms with E-state index in [2.05, 4.69) is 48.8 Å². The van der Waals surface area contributed by atoms with Crippen LogP contribution in [0.2, 0.25) is 0 Å². The Morgan fingerprint density at radius 1 is 1.27 bits per heavy atom. The van der Waals surface area contributed by atoms with E-state index in [1.807, 2.05) is 11.3 Å². The summed E-state index contributed by atoms with van der Waals surface area (Å²) in [7, 11) is 0. The maximum atomic E-state index is 3.53. The van der Waals surface area contributed by atoms with E-state index < -0.39 is 0 Å². The third kappa shape index (κ3) is 2.06. The van der Waals surface area contributed by atoms with Gasteiger partial charge in [-0.15, -0.1) is 11.3 Å². The predicted molar refractivity (Wildman–Crippen MR) is 68.5 cm³/mol. The molecule has 0 bridgehead atoms. The van der Waals surface area contributed by atoms with Gasteiger partial charge in [0.2, 0.25) is 0 Å². The summed E-state index contributed by atoms with van der Waals surface area (Å²) < 4.78 is 1.39. The van der Waals surface area contributed by atoms with Gasteiger partial charge in [0.15, 0.2) is 0 Å². The van der Waals surface area contributed by atoms with Gasteiger partial charge >= 0.3 is 0 Å². The van der Waals surface area contributed by atoms with Crippen molar-refractivity contribution in [1.29, 1.82) is 0 Å². The van der Waals surface area contributed by atoms with Crippen LogP contribution >= 0.6 is 11.3 Å². The minimum absolute atomic E-state index is 0.506. The van der Waals surface area contributed by atoms with Crippen molar-refractivity contribution in [3.05, 3.63) is 35.2 Å². The average molecular weight is 219 g/mol. The van der Waals surface area contributed by atoms with Crippen molar-refractivity contribution in [3.63, 3.8) is 0 Å². The van der Waals surface area contributed by atoms with Crippen molar-refractivity contribution in [2.45, 2.75) is 26.3 Å². The Balaban J connectivity index is 2.41. The molecule has 1 atom stereocenters. The van der Waals surface area contributed by atoms with Crippen LogP contribution in [0.25, 0.3) is 10.1 Å². The monoisotopic (exact) mass is 219 g/mol. The third-order valence-corrected chi connectivity index (χ3v) is 3.73. The number of thiophene rings is 1. The molecule has 0 spiro atoms. The molecular weight excluding hydrogens is 202 g/mol. The van der Waals surface area contributed by atoms with E-state index in [1.165, 1.54) is 15.6 Å². The average Bonchev–Trinajstić information content (AvgIpc) is 2.70. The fourth-order valence-corrected chi connectivity index (χ4v) is 3.00. The molecule has 80 valence electrons. The molecule has 0 saturated carbocycles. The predicted octanol–water partition coefficient (Wildman–Crippen LogP) is 3.96. The van der Waals surface area contributed by atoms with Crippen LogP contribution in [0.1, 0.15) is 31.9 Å². The zero-order valence-electron chi connectivity index (χ0n) is 9.29. The molecule has 1 N–H and O–H groups in total. The lowest BCUT2D eigenvalue weighted by Crippen LogP contribution is -2.19. The van der Waals surface area contributed by atoms with Crippen LogP contribution in [0.4, 0.5) is 0 Å². The van der Waals surface area contributed by atoms with Crippen molar-refractivity contribution in [2.75, 3.05) is 6.54 Å². The zero-order valence-corrected chi connectivity index (χ0v) is 10.1. The first kappa shape index (κ1) is 10.7. The molecule has 0 amide bonds. The highest BCUT2D eigenvalue weighted by Crippen LogP contribution is 2.31. The van der Waals surface area contributed by atoms with E-state index >= 15 is 0 Å². The standard InChI is InChI=1S/C13H17NS/c1-3-12(14-4-2)11-9-15-13-8-6-5-7-10(11)13/h5-9,12,14H,3-4H2,1-2H3. The largest absolute Gasteiger partial charge is 0.310 e. The quantitative estimate of drug-likeness (QED) is 0.820. The molecule has 0 aliphatic carbocycles. The fourth-order valence-electron chi connectivity index (χ4n) is 1.99. The second-order valence-corrected chi connectivity index (χ2v) is 4.62. The first-order valence-electron chi connectivity index (χ1n) is 5.56. The van der Waals surface area contributed by atoms with E-state index in [0.29, 0.717) is 6.04 Å². The molecule has 1 aromatic heterocycles. The Morgan fingerprint density at radius 2 is 2.07 bits per heavy atom. The van der Waals surface area contributed by atoms with E-state index in [4.69, 9.17) is 0 Å². The molecular formula is C13H17NS. The second-order valence-electron chi connectivity index (χ2n) is 3.71. The second kappa shape index (κ2) is 4.77. The molecule has 0 aliphatic rings. The normalized spacial score (nSPS) is 13.2. The van der Waals surface area contributed by atoms with Crippen molar-refractivity contribution >= 4 is 21.4 Å². The van der Waals surface area contributed by atoms with Crippen LogP contribution in [0, 0.1) is 0 Å². The highest BCUT2D eigenvalue weighted by atomic mass is 32.1. The van der Waals surface area contributed by atoms with Gasteiger partial charge < -0.3 is 5.32 Å². The van der Waals surface area contributed by atoms with Crippen LogP contribution < -0.4 is 5.32 Å². The van der Waals surface area contributed by atoms with Crippen LogP contribution in [-0.2, 0) is 0 Å². The van der Waals surface area contributed by atoms with Gasteiger partial charge in [0.05, 0.1) is 0 Å². The molecule has 0 saturated heterocycles. The van der Waals surface area contributed by atoms with Crippen LogP contribution in [-0.4, -0.2) is 6.54 Å². The van der Waals surface area contributed by atoms with Crippen LogP contribution in [0.15, 0.2) is 29.6 Å². The van der Waals surface area contributed by atoms with E-state index in [0.717, 1.165) is 13.0 Å². The zero-order chi connectivity index (χ0) is 10.7. The van der Waals surface area contributed by atoms with Gasteiger partial charge in [0.25, 0.3) is 0 Å². The SMILES string of the molecule is CCNC(CC)c1csc2ccccc12. The van der Waals surface area contributed by atoms with Gasteiger partial charge in [-0.1, -0.05) is 32.0 Å². The number of rotatable bonds is 4. The molecule has 1 aromatic carbocycles. The fraction of sp³-hybridized carbons (Fsp3) is 0.385. The molecule has 2 aromatic rings. The molecule has 0 fully saturated rings. The summed E-state index contributed by atoms with van der Waals surface area (Å²) in [6, 6.07) is 9.16. The number of fused-ring (bicyclic) bond motifs is 1. The number of hydrogen-bond acceptors (Lipinski definition) is 2. The first-order chi connectivity index (χ1) is 7.36. The minimum atomic E-state index is 0.506. The molecule has 15 heavy (non-hydrogen) atoms. The molecule has 2 rings (SSSR count). The third-order valence-electron chi connectivity index (χ3n) is 2.75. The van der Waals surface area contributed by atoms with E-state index in [1.54, 1.807) is 0 Å². The molecule has 0 aliphatic heterocycles. The van der Waals surface area contributed by atoms with Crippen LogP contribution in [0.3, 0.4) is 0 Å². The summed E-state index contributed by atoms with van der Waals surface area (Å²) in [6.07, 6.45) is 1.15. The van der Waals surface area contributed by atoms with Gasteiger partial charge in [0.1, 0.15) is 0 Å². The topological polar surface area (TPSA) is 12.0 Å². The van der Waals surface area contributed by atoms with Crippen molar-refractivity contribution < 1.29 is 0 Å². The molecule has 2 heteroatoms. The number of nitrogens with one attached hydrogen (secondary N) is 1. The van der Waals surface area contributed by atoms with Crippen molar-refractivity contribution in [3.8, 4) is 0 Å². The van der Waals surface area contributed by atoms with Crippen molar-refractivity contribution in [2.24, 2.45) is 0 Å². The minimum Gasteiger partial charge on any atom is -0.310 e. The molecule has 1 nitrogen and oxygen atoms in total. The maximum Gasteiger partial charge on any atom is 0.0346 e.